The molecule has 0 spiro atoms. The van der Waals surface area contributed by atoms with Crippen LogP contribution in [0.3, 0.4) is 0 Å². The van der Waals surface area contributed by atoms with Gasteiger partial charge in [-0.15, -0.1) is 0 Å². The number of nitrogens with zero attached hydrogens (tertiary/aromatic N) is 1. The van der Waals surface area contributed by atoms with Gasteiger partial charge in [-0.3, -0.25) is 4.79 Å². The molecule has 0 aliphatic heterocycles. The molecular formula is C18H16ClFN2O2. The zero-order valence-electron chi connectivity index (χ0n) is 13.3. The average molecular weight is 347 g/mol. The molecule has 0 aliphatic rings. The minimum absolute atomic E-state index is 0.155. The van der Waals surface area contributed by atoms with Gasteiger partial charge in [-0.1, -0.05) is 30.3 Å². The fourth-order valence-electron chi connectivity index (χ4n) is 1.63. The summed E-state index contributed by atoms with van der Waals surface area (Å²) in [7, 11) is 3.75. The molecule has 0 aliphatic carbocycles. The van der Waals surface area contributed by atoms with E-state index in [0.29, 0.717) is 0 Å². The van der Waals surface area contributed by atoms with Crippen LogP contribution in [0.5, 0.6) is 5.75 Å². The first kappa shape index (κ1) is 19.4. The zero-order chi connectivity index (χ0) is 18.1. The normalized spacial score (nSPS) is 9.29. The van der Waals surface area contributed by atoms with Crippen molar-refractivity contribution in [3.63, 3.8) is 0 Å². The van der Waals surface area contributed by atoms with E-state index in [2.05, 4.69) is 11.9 Å². The number of nitrogens with one attached hydrogen (secondary N) is 1. The van der Waals surface area contributed by atoms with Crippen molar-refractivity contribution in [1.29, 1.82) is 5.26 Å². The topological polar surface area (TPSA) is 62.1 Å². The molecule has 4 nitrogen and oxygen atoms in total. The Morgan fingerprint density at radius 2 is 1.92 bits per heavy atom. The molecule has 6 heteroatoms. The average Bonchev–Trinajstić information content (AvgIpc) is 2.57. The lowest BCUT2D eigenvalue weighted by molar-refractivity contribution is 0.0986. The number of allylic oxidation sites excluding steroid dienone is 1. The summed E-state index contributed by atoms with van der Waals surface area (Å²) in [6.45, 7) is 3.49. The summed E-state index contributed by atoms with van der Waals surface area (Å²) in [4.78, 5) is 12.1. The number of nitriles is 1. The third-order valence-electron chi connectivity index (χ3n) is 2.67. The summed E-state index contributed by atoms with van der Waals surface area (Å²) in [5.74, 6) is -1.72. The molecule has 0 radical (unpaired) electrons. The molecule has 2 rings (SSSR count). The SMILES string of the molecule is C=C(Oc1ccc(C#N)cc1F)C(=O)c1ccccc1Cl.CNC. The molecule has 0 fully saturated rings. The molecule has 0 bridgehead atoms. The number of benzene rings is 2. The second-order valence-electron chi connectivity index (χ2n) is 4.59. The molecule has 0 amide bonds. The number of ether oxygens (including phenoxy) is 1. The molecular weight excluding hydrogens is 331 g/mol. The van der Waals surface area contributed by atoms with Crippen LogP contribution in [-0.4, -0.2) is 19.9 Å². The van der Waals surface area contributed by atoms with Gasteiger partial charge in [0.1, 0.15) is 0 Å². The number of hydrogen-bond acceptors (Lipinski definition) is 4. The number of ketones is 1. The lowest BCUT2D eigenvalue weighted by Crippen LogP contribution is -2.09. The van der Waals surface area contributed by atoms with E-state index in [-0.39, 0.29) is 27.7 Å². The van der Waals surface area contributed by atoms with Crippen molar-refractivity contribution in [1.82, 2.24) is 5.32 Å². The van der Waals surface area contributed by atoms with Crippen LogP contribution in [0.25, 0.3) is 0 Å². The molecule has 24 heavy (non-hydrogen) atoms. The Labute approximate surface area is 145 Å². The largest absolute Gasteiger partial charge is 0.451 e. The van der Waals surface area contributed by atoms with Gasteiger partial charge in [0.05, 0.1) is 16.7 Å². The van der Waals surface area contributed by atoms with Crippen molar-refractivity contribution in [2.24, 2.45) is 0 Å². The van der Waals surface area contributed by atoms with E-state index in [1.165, 1.54) is 18.2 Å². The maximum absolute atomic E-state index is 13.7. The van der Waals surface area contributed by atoms with Gasteiger partial charge >= 0.3 is 0 Å². The molecule has 2 aromatic rings. The van der Waals surface area contributed by atoms with Crippen LogP contribution in [0, 0.1) is 17.1 Å². The highest BCUT2D eigenvalue weighted by molar-refractivity contribution is 6.34. The van der Waals surface area contributed by atoms with E-state index < -0.39 is 11.6 Å². The van der Waals surface area contributed by atoms with Gasteiger partial charge in [0.25, 0.3) is 0 Å². The smallest absolute Gasteiger partial charge is 0.229 e. The fourth-order valence-corrected chi connectivity index (χ4v) is 1.85. The molecule has 124 valence electrons. The first-order chi connectivity index (χ1) is 11.4. The van der Waals surface area contributed by atoms with E-state index in [1.807, 2.05) is 14.1 Å². The van der Waals surface area contributed by atoms with Gasteiger partial charge in [0.2, 0.25) is 5.78 Å². The highest BCUT2D eigenvalue weighted by atomic mass is 35.5. The van der Waals surface area contributed by atoms with Crippen LogP contribution < -0.4 is 10.1 Å². The monoisotopic (exact) mass is 346 g/mol. The highest BCUT2D eigenvalue weighted by Gasteiger charge is 2.17. The van der Waals surface area contributed by atoms with Gasteiger partial charge in [-0.2, -0.15) is 5.26 Å². The summed E-state index contributed by atoms with van der Waals surface area (Å²) in [6.07, 6.45) is 0. The van der Waals surface area contributed by atoms with E-state index in [9.17, 15) is 9.18 Å². The Kier molecular flexibility index (Phi) is 7.63. The van der Waals surface area contributed by atoms with Crippen LogP contribution in [-0.2, 0) is 0 Å². The standard InChI is InChI=1S/C16H9ClFNO2.C2H7N/c1-10(16(20)12-4-2-3-5-13(12)17)21-15-7-6-11(9-19)8-14(15)18;1-3-2/h2-8H,1H2;3H,1-2H3. The van der Waals surface area contributed by atoms with Gasteiger partial charge in [-0.25, -0.2) is 4.39 Å². The van der Waals surface area contributed by atoms with Gasteiger partial charge in [-0.05, 0) is 44.4 Å². The second kappa shape index (κ2) is 9.46. The zero-order valence-corrected chi connectivity index (χ0v) is 14.0. The molecule has 0 atom stereocenters. The molecule has 0 saturated heterocycles. The van der Waals surface area contributed by atoms with Crippen LogP contribution >= 0.6 is 11.6 Å². The van der Waals surface area contributed by atoms with Gasteiger partial charge in [0, 0.05) is 5.56 Å². The molecule has 0 saturated carbocycles. The Morgan fingerprint density at radius 1 is 1.29 bits per heavy atom. The maximum Gasteiger partial charge on any atom is 0.229 e. The van der Waals surface area contributed by atoms with Crippen molar-refractivity contribution in [2.45, 2.75) is 0 Å². The summed E-state index contributed by atoms with van der Waals surface area (Å²) in [6, 6.07) is 11.9. The van der Waals surface area contributed by atoms with Crippen molar-refractivity contribution in [3.05, 3.63) is 76.8 Å². The molecule has 0 aromatic heterocycles. The number of hydrogen-bond donors (Lipinski definition) is 1. The first-order valence-electron chi connectivity index (χ1n) is 6.88. The van der Waals surface area contributed by atoms with Crippen molar-refractivity contribution < 1.29 is 13.9 Å². The van der Waals surface area contributed by atoms with E-state index in [4.69, 9.17) is 21.6 Å². The number of carbonyl (C=O) groups excluding carboxylic acids is 1. The lowest BCUT2D eigenvalue weighted by Gasteiger charge is -2.09. The van der Waals surface area contributed by atoms with Crippen LogP contribution in [0.2, 0.25) is 5.02 Å². The fraction of sp³-hybridized carbons (Fsp3) is 0.111. The summed E-state index contributed by atoms with van der Waals surface area (Å²) in [5.41, 5.74) is 0.376. The number of Topliss-reactive ketones (excluding diaryl/α,β-unsaturated/α-hetero) is 1. The number of halogens is 2. The van der Waals surface area contributed by atoms with E-state index in [0.717, 1.165) is 6.07 Å². The highest BCUT2D eigenvalue weighted by Crippen LogP contribution is 2.23. The third kappa shape index (κ3) is 5.20. The van der Waals surface area contributed by atoms with Crippen LogP contribution in [0.15, 0.2) is 54.8 Å². The van der Waals surface area contributed by atoms with E-state index in [1.54, 1.807) is 24.3 Å². The third-order valence-corrected chi connectivity index (χ3v) is 3.00. The molecule has 0 heterocycles. The van der Waals surface area contributed by atoms with E-state index >= 15 is 0 Å². The van der Waals surface area contributed by atoms with Crippen LogP contribution in [0.1, 0.15) is 15.9 Å². The molecule has 0 unspecified atom stereocenters. The Morgan fingerprint density at radius 3 is 2.46 bits per heavy atom. The van der Waals surface area contributed by atoms with Crippen molar-refractivity contribution in [3.8, 4) is 11.8 Å². The maximum atomic E-state index is 13.7. The minimum Gasteiger partial charge on any atom is -0.451 e. The van der Waals surface area contributed by atoms with Crippen molar-refractivity contribution in [2.75, 3.05) is 14.1 Å². The second-order valence-corrected chi connectivity index (χ2v) is 5.00. The number of rotatable bonds is 4. The van der Waals surface area contributed by atoms with Crippen molar-refractivity contribution >= 4 is 17.4 Å². The Hall–Kier alpha value is -2.68. The minimum atomic E-state index is -0.748. The Balaban J connectivity index is 0.000000891. The summed E-state index contributed by atoms with van der Waals surface area (Å²) < 4.78 is 18.8. The quantitative estimate of drug-likeness (QED) is 0.517. The first-order valence-corrected chi connectivity index (χ1v) is 7.26. The summed E-state index contributed by atoms with van der Waals surface area (Å²) in [5, 5.41) is 11.7. The molecule has 1 N–H and O–H groups in total. The van der Waals surface area contributed by atoms with Gasteiger partial charge in [0.15, 0.2) is 17.3 Å². The predicted molar refractivity (Wildman–Crippen MR) is 91.6 cm³/mol. The molecule has 2 aromatic carbocycles. The van der Waals surface area contributed by atoms with Gasteiger partial charge < -0.3 is 10.1 Å². The van der Waals surface area contributed by atoms with Crippen LogP contribution in [0.4, 0.5) is 4.39 Å². The lowest BCUT2D eigenvalue weighted by atomic mass is 10.1. The predicted octanol–water partition coefficient (Wildman–Crippen LogP) is 3.96. The Bertz CT molecular complexity index is 785. The number of carbonyl (C=O) groups is 1. The summed E-state index contributed by atoms with van der Waals surface area (Å²) >= 11 is 5.91.